The van der Waals surface area contributed by atoms with E-state index in [-0.39, 0.29) is 10.8 Å². The van der Waals surface area contributed by atoms with Gasteiger partial charge in [-0.25, -0.2) is 0 Å². The molecule has 0 bridgehead atoms. The van der Waals surface area contributed by atoms with Gasteiger partial charge in [0.15, 0.2) is 5.78 Å². The van der Waals surface area contributed by atoms with Crippen LogP contribution in [0.1, 0.15) is 72.6 Å². The van der Waals surface area contributed by atoms with Crippen LogP contribution in [0.15, 0.2) is 11.6 Å². The lowest BCUT2D eigenvalue weighted by molar-refractivity contribution is -0.132. The first-order valence-corrected chi connectivity index (χ1v) is 9.65. The number of allylic oxidation sites excluding steroid dienone is 1. The van der Waals surface area contributed by atoms with E-state index in [0.29, 0.717) is 23.5 Å². The van der Waals surface area contributed by atoms with Gasteiger partial charge in [-0.1, -0.05) is 26.3 Å². The summed E-state index contributed by atoms with van der Waals surface area (Å²) in [5, 5.41) is 11.0. The van der Waals surface area contributed by atoms with Gasteiger partial charge in [-0.05, 0) is 86.0 Å². The Bertz CT molecular complexity index is 574. The molecular formula is C21H32O2. The van der Waals surface area contributed by atoms with Crippen molar-refractivity contribution in [2.24, 2.45) is 34.5 Å². The second kappa shape index (κ2) is 4.71. The summed E-state index contributed by atoms with van der Waals surface area (Å²) in [5.41, 5.74) is 1.27. The molecule has 4 rings (SSSR count). The predicted molar refractivity (Wildman–Crippen MR) is 91.9 cm³/mol. The average molecular weight is 316 g/mol. The first kappa shape index (κ1) is 15.9. The molecule has 0 aromatic rings. The third-order valence-electron chi connectivity index (χ3n) is 8.87. The topological polar surface area (TPSA) is 37.3 Å². The number of carbonyl (C=O) groups excluding carboxylic acids is 1. The Morgan fingerprint density at radius 3 is 2.52 bits per heavy atom. The number of hydrogen-bond acceptors (Lipinski definition) is 2. The molecule has 1 unspecified atom stereocenters. The lowest BCUT2D eigenvalue weighted by atomic mass is 9.44. The Labute approximate surface area is 140 Å². The molecule has 0 aromatic heterocycles. The summed E-state index contributed by atoms with van der Waals surface area (Å²) >= 11 is 0. The predicted octanol–water partition coefficient (Wildman–Crippen LogP) is 4.52. The van der Waals surface area contributed by atoms with Crippen molar-refractivity contribution in [3.8, 4) is 0 Å². The van der Waals surface area contributed by atoms with Crippen LogP contribution in [0, 0.1) is 34.5 Å². The molecule has 128 valence electrons. The summed E-state index contributed by atoms with van der Waals surface area (Å²) < 4.78 is 0. The SMILES string of the molecule is C[C@H]1CC2=CC(=O)CC[C@]2(C)[C@H]2CC[C@@]3(C)C(CC[C@]3(C)O)[C@H]12. The van der Waals surface area contributed by atoms with Gasteiger partial charge in [0.25, 0.3) is 0 Å². The monoisotopic (exact) mass is 316 g/mol. The van der Waals surface area contributed by atoms with E-state index in [1.807, 2.05) is 6.08 Å². The normalized spacial score (nSPS) is 55.7. The summed E-state index contributed by atoms with van der Waals surface area (Å²) in [6.45, 7) is 9.26. The molecule has 1 N–H and O–H groups in total. The summed E-state index contributed by atoms with van der Waals surface area (Å²) in [7, 11) is 0. The van der Waals surface area contributed by atoms with Crippen LogP contribution in [0.2, 0.25) is 0 Å². The lowest BCUT2D eigenvalue weighted by Crippen LogP contribution is -2.55. The van der Waals surface area contributed by atoms with Gasteiger partial charge in [0, 0.05) is 6.42 Å². The number of aliphatic hydroxyl groups is 1. The highest BCUT2D eigenvalue weighted by atomic mass is 16.3. The van der Waals surface area contributed by atoms with E-state index in [0.717, 1.165) is 38.0 Å². The molecule has 4 aliphatic rings. The minimum atomic E-state index is -0.498. The van der Waals surface area contributed by atoms with Crippen LogP contribution in [-0.4, -0.2) is 16.5 Å². The van der Waals surface area contributed by atoms with Crippen molar-refractivity contribution in [1.82, 2.24) is 0 Å². The van der Waals surface area contributed by atoms with Crippen LogP contribution in [0.4, 0.5) is 0 Å². The lowest BCUT2D eigenvalue weighted by Gasteiger charge is -2.60. The molecule has 3 saturated carbocycles. The van der Waals surface area contributed by atoms with E-state index < -0.39 is 5.60 Å². The number of hydrogen-bond donors (Lipinski definition) is 1. The fourth-order valence-corrected chi connectivity index (χ4v) is 7.15. The number of rotatable bonds is 0. The van der Waals surface area contributed by atoms with Crippen molar-refractivity contribution in [1.29, 1.82) is 0 Å². The summed E-state index contributed by atoms with van der Waals surface area (Å²) in [4.78, 5) is 11.9. The molecule has 0 saturated heterocycles. The molecule has 0 radical (unpaired) electrons. The Morgan fingerprint density at radius 1 is 1.09 bits per heavy atom. The summed E-state index contributed by atoms with van der Waals surface area (Å²) in [5.74, 6) is 3.06. The molecular weight excluding hydrogens is 284 g/mol. The van der Waals surface area contributed by atoms with Crippen molar-refractivity contribution >= 4 is 5.78 Å². The molecule has 0 spiro atoms. The Balaban J connectivity index is 1.74. The van der Waals surface area contributed by atoms with Crippen molar-refractivity contribution in [3.63, 3.8) is 0 Å². The van der Waals surface area contributed by atoms with Gasteiger partial charge in [-0.15, -0.1) is 0 Å². The zero-order chi connectivity index (χ0) is 16.6. The molecule has 2 nitrogen and oxygen atoms in total. The quantitative estimate of drug-likeness (QED) is 0.713. The van der Waals surface area contributed by atoms with E-state index in [9.17, 15) is 9.90 Å². The van der Waals surface area contributed by atoms with E-state index in [1.54, 1.807) is 0 Å². The molecule has 23 heavy (non-hydrogen) atoms. The first-order valence-electron chi connectivity index (χ1n) is 9.65. The Kier molecular flexibility index (Phi) is 3.25. The minimum absolute atomic E-state index is 0.0878. The maximum absolute atomic E-state index is 11.9. The van der Waals surface area contributed by atoms with E-state index in [2.05, 4.69) is 27.7 Å². The van der Waals surface area contributed by atoms with Crippen molar-refractivity contribution in [2.75, 3.05) is 0 Å². The Hall–Kier alpha value is -0.630. The molecule has 4 aliphatic carbocycles. The van der Waals surface area contributed by atoms with Gasteiger partial charge in [0.05, 0.1) is 5.60 Å². The smallest absolute Gasteiger partial charge is 0.155 e. The third-order valence-corrected chi connectivity index (χ3v) is 8.87. The summed E-state index contributed by atoms with van der Waals surface area (Å²) in [6.07, 6.45) is 9.39. The molecule has 0 aliphatic heterocycles. The van der Waals surface area contributed by atoms with E-state index in [1.165, 1.54) is 18.4 Å². The van der Waals surface area contributed by atoms with E-state index >= 15 is 0 Å². The fourth-order valence-electron chi connectivity index (χ4n) is 7.15. The van der Waals surface area contributed by atoms with Crippen LogP contribution >= 0.6 is 0 Å². The second-order valence-electron chi connectivity index (χ2n) is 9.79. The van der Waals surface area contributed by atoms with Crippen molar-refractivity contribution in [3.05, 3.63) is 11.6 Å². The van der Waals surface area contributed by atoms with Crippen LogP contribution < -0.4 is 0 Å². The number of fused-ring (bicyclic) bond motifs is 5. The molecule has 7 atom stereocenters. The molecule has 0 amide bonds. The average Bonchev–Trinajstić information content (AvgIpc) is 2.72. The molecule has 0 aromatic carbocycles. The van der Waals surface area contributed by atoms with Gasteiger partial charge in [-0.2, -0.15) is 0 Å². The van der Waals surface area contributed by atoms with Crippen molar-refractivity contribution in [2.45, 2.75) is 78.2 Å². The van der Waals surface area contributed by atoms with Gasteiger partial charge < -0.3 is 5.11 Å². The highest BCUT2D eigenvalue weighted by Crippen LogP contribution is 2.68. The zero-order valence-corrected chi connectivity index (χ0v) is 15.2. The van der Waals surface area contributed by atoms with Crippen LogP contribution in [0.3, 0.4) is 0 Å². The van der Waals surface area contributed by atoms with Crippen molar-refractivity contribution < 1.29 is 9.90 Å². The maximum Gasteiger partial charge on any atom is 0.155 e. The van der Waals surface area contributed by atoms with Crippen LogP contribution in [0.5, 0.6) is 0 Å². The zero-order valence-electron chi connectivity index (χ0n) is 15.2. The largest absolute Gasteiger partial charge is 0.390 e. The molecule has 3 fully saturated rings. The molecule has 2 heteroatoms. The maximum atomic E-state index is 11.9. The molecule has 0 heterocycles. The second-order valence-corrected chi connectivity index (χ2v) is 9.79. The Morgan fingerprint density at radius 2 is 1.78 bits per heavy atom. The van der Waals surface area contributed by atoms with E-state index in [4.69, 9.17) is 0 Å². The van der Waals surface area contributed by atoms with Gasteiger partial charge in [0.2, 0.25) is 0 Å². The minimum Gasteiger partial charge on any atom is -0.390 e. The van der Waals surface area contributed by atoms with Crippen LogP contribution in [0.25, 0.3) is 0 Å². The number of carbonyl (C=O) groups is 1. The highest BCUT2D eigenvalue weighted by Gasteiger charge is 2.63. The van der Waals surface area contributed by atoms with Gasteiger partial charge in [0.1, 0.15) is 0 Å². The first-order chi connectivity index (χ1) is 10.7. The summed E-state index contributed by atoms with van der Waals surface area (Å²) in [6, 6.07) is 0. The van der Waals surface area contributed by atoms with Crippen LogP contribution in [-0.2, 0) is 4.79 Å². The standard InChI is InChI=1S/C21H32O2/c1-13-11-14-12-15(22)5-8-19(14,2)16-6-9-20(3)17(18(13)16)7-10-21(20,4)23/h12-13,16-18,23H,5-11H2,1-4H3/t13-,16-,17?,18+,19-,20-,21-/m0/s1. The fraction of sp³-hybridized carbons (Fsp3) is 0.857. The van der Waals surface area contributed by atoms with Gasteiger partial charge in [-0.3, -0.25) is 4.79 Å². The number of ketones is 1. The van der Waals surface area contributed by atoms with Gasteiger partial charge >= 0.3 is 0 Å². The highest BCUT2D eigenvalue weighted by molar-refractivity contribution is 5.91. The third kappa shape index (κ3) is 1.94.